The molecule has 5 rings (SSSR count). The number of imide groups is 1. The van der Waals surface area contributed by atoms with E-state index in [-0.39, 0.29) is 28.5 Å². The van der Waals surface area contributed by atoms with Crippen LogP contribution in [0.1, 0.15) is 57.3 Å². The molecule has 2 aliphatic rings. The number of fused-ring (bicyclic) bond motifs is 1. The summed E-state index contributed by atoms with van der Waals surface area (Å²) in [6.07, 6.45) is 1.77. The predicted molar refractivity (Wildman–Crippen MR) is 148 cm³/mol. The van der Waals surface area contributed by atoms with Gasteiger partial charge < -0.3 is 4.74 Å². The van der Waals surface area contributed by atoms with Gasteiger partial charge >= 0.3 is 5.97 Å². The van der Waals surface area contributed by atoms with Crippen LogP contribution in [-0.2, 0) is 9.59 Å². The summed E-state index contributed by atoms with van der Waals surface area (Å²) < 4.78 is 5.35. The van der Waals surface area contributed by atoms with Gasteiger partial charge in [-0.3, -0.25) is 29.3 Å². The number of Topliss-reactive ketones (excluding diaryl/α,β-unsaturated/α-hetero) is 1. The smallest absolute Gasteiger partial charge is 0.343 e. The van der Waals surface area contributed by atoms with E-state index >= 15 is 0 Å². The Hall–Kier alpha value is -5.19. The number of ketones is 1. The van der Waals surface area contributed by atoms with Crippen LogP contribution in [-0.4, -0.2) is 51.0 Å². The second-order valence-electron chi connectivity index (χ2n) is 10.5. The Morgan fingerprint density at radius 1 is 0.857 bits per heavy atom. The van der Waals surface area contributed by atoms with Crippen molar-refractivity contribution < 1.29 is 33.6 Å². The van der Waals surface area contributed by atoms with Crippen LogP contribution in [0.2, 0.25) is 0 Å². The quantitative estimate of drug-likeness (QED) is 0.0965. The lowest BCUT2D eigenvalue weighted by atomic mass is 9.76. The number of carbonyl (C=O) groups is 5. The van der Waals surface area contributed by atoms with Crippen molar-refractivity contribution in [3.63, 3.8) is 0 Å². The number of esters is 1. The maximum absolute atomic E-state index is 13.7. The summed E-state index contributed by atoms with van der Waals surface area (Å²) in [5.74, 6) is -3.77. The van der Waals surface area contributed by atoms with E-state index in [0.717, 1.165) is 28.6 Å². The first-order chi connectivity index (χ1) is 20.1. The molecule has 1 heterocycles. The van der Waals surface area contributed by atoms with Gasteiger partial charge in [-0.2, -0.15) is 5.01 Å². The van der Waals surface area contributed by atoms with E-state index in [1.54, 1.807) is 30.3 Å². The number of ether oxygens (including phenoxy) is 1. The van der Waals surface area contributed by atoms with Gasteiger partial charge in [-0.15, -0.1) is 0 Å². The fourth-order valence-corrected chi connectivity index (χ4v) is 5.39. The lowest BCUT2D eigenvalue weighted by molar-refractivity contribution is -0.384. The molecule has 11 heteroatoms. The summed E-state index contributed by atoms with van der Waals surface area (Å²) in [6, 6.07) is 18.8. The lowest BCUT2D eigenvalue weighted by Gasteiger charge is -2.30. The fraction of sp³-hybridized carbons (Fsp3) is 0.258. The molecule has 1 saturated heterocycles. The van der Waals surface area contributed by atoms with Gasteiger partial charge in [0.1, 0.15) is 12.3 Å². The van der Waals surface area contributed by atoms with Crippen molar-refractivity contribution in [2.45, 2.75) is 26.2 Å². The maximum atomic E-state index is 13.7. The fourth-order valence-electron chi connectivity index (χ4n) is 5.39. The molecule has 214 valence electrons. The number of rotatable bonds is 8. The summed E-state index contributed by atoms with van der Waals surface area (Å²) >= 11 is 0. The van der Waals surface area contributed by atoms with Crippen molar-refractivity contribution in [2.75, 3.05) is 6.54 Å². The van der Waals surface area contributed by atoms with Crippen molar-refractivity contribution in [2.24, 2.45) is 17.8 Å². The van der Waals surface area contributed by atoms with Crippen LogP contribution in [0.25, 0.3) is 0 Å². The van der Waals surface area contributed by atoms with Crippen LogP contribution in [0, 0.1) is 27.9 Å². The van der Waals surface area contributed by atoms with Crippen LogP contribution < -0.4 is 4.74 Å². The normalized spacial score (nSPS) is 19.6. The second-order valence-corrected chi connectivity index (χ2v) is 10.5. The summed E-state index contributed by atoms with van der Waals surface area (Å²) in [5, 5.41) is 12.7. The number of benzene rings is 3. The molecule has 0 aromatic heterocycles. The summed E-state index contributed by atoms with van der Waals surface area (Å²) in [6.45, 7) is 1.37. The molecule has 1 saturated carbocycles. The Kier molecular flexibility index (Phi) is 7.92. The highest BCUT2D eigenvalue weighted by molar-refractivity contribution is 6.09. The Morgan fingerprint density at radius 3 is 2.12 bits per heavy atom. The number of nitro groups is 1. The highest BCUT2D eigenvalue weighted by atomic mass is 16.6. The van der Waals surface area contributed by atoms with E-state index in [1.807, 2.05) is 6.92 Å². The largest absolute Gasteiger partial charge is 0.423 e. The van der Waals surface area contributed by atoms with Gasteiger partial charge in [0.15, 0.2) is 5.78 Å². The monoisotopic (exact) mass is 569 g/mol. The first-order valence-corrected chi connectivity index (χ1v) is 13.5. The molecule has 2 fully saturated rings. The predicted octanol–water partition coefficient (Wildman–Crippen LogP) is 4.48. The lowest BCUT2D eigenvalue weighted by Crippen LogP contribution is -2.52. The van der Waals surface area contributed by atoms with Gasteiger partial charge in [-0.25, -0.2) is 9.80 Å². The van der Waals surface area contributed by atoms with Gasteiger partial charge in [0.2, 0.25) is 0 Å². The van der Waals surface area contributed by atoms with E-state index in [2.05, 4.69) is 0 Å². The molecular formula is C31H27N3O8. The molecule has 0 spiro atoms. The molecule has 3 atom stereocenters. The van der Waals surface area contributed by atoms with Gasteiger partial charge in [-0.1, -0.05) is 25.1 Å². The molecule has 0 unspecified atom stereocenters. The molecule has 0 radical (unpaired) electrons. The second kappa shape index (κ2) is 11.7. The van der Waals surface area contributed by atoms with Crippen LogP contribution in [0.15, 0.2) is 78.9 Å². The molecule has 42 heavy (non-hydrogen) atoms. The summed E-state index contributed by atoms with van der Waals surface area (Å²) in [4.78, 5) is 76.7. The van der Waals surface area contributed by atoms with Crippen molar-refractivity contribution >= 4 is 35.2 Å². The average Bonchev–Trinajstić information content (AvgIpc) is 3.24. The number of non-ortho nitro benzene ring substituents is 1. The SMILES string of the molecule is C[C@@H]1CC[C@@H]2C(=O)N(N(CC(=O)c3ccc(OC(=O)c4ccccc4)cc3)C(=O)c3ccc([N+](=O)[O-])cc3)C(=O)[C@@H]2C1. The number of hydrogen-bond acceptors (Lipinski definition) is 8. The molecule has 3 aromatic carbocycles. The summed E-state index contributed by atoms with van der Waals surface area (Å²) in [5.41, 5.74) is 0.241. The van der Waals surface area contributed by atoms with E-state index in [9.17, 15) is 34.1 Å². The Bertz CT molecular complexity index is 1550. The zero-order valence-electron chi connectivity index (χ0n) is 22.7. The molecule has 1 aliphatic carbocycles. The third-order valence-corrected chi connectivity index (χ3v) is 7.66. The van der Waals surface area contributed by atoms with E-state index in [4.69, 9.17) is 4.74 Å². The van der Waals surface area contributed by atoms with Gasteiger partial charge in [-0.05, 0) is 73.7 Å². The Morgan fingerprint density at radius 2 is 1.48 bits per heavy atom. The molecule has 0 N–H and O–H groups in total. The maximum Gasteiger partial charge on any atom is 0.343 e. The highest BCUT2D eigenvalue weighted by Crippen LogP contribution is 2.41. The van der Waals surface area contributed by atoms with E-state index in [0.29, 0.717) is 18.4 Å². The standard InChI is InChI=1S/C31H27N3O8/c1-19-7-16-25-26(17-19)30(38)33(29(25)37)32(28(36)21-8-12-23(13-9-21)34(40)41)18-27(35)20-10-14-24(15-11-20)42-31(39)22-5-3-2-4-6-22/h2-6,8-15,19,25-26H,7,16-18H2,1H3/t19-,25+,26-/m1/s1. The van der Waals surface area contributed by atoms with Crippen molar-refractivity contribution in [3.8, 4) is 5.75 Å². The van der Waals surface area contributed by atoms with Crippen LogP contribution in [0.3, 0.4) is 0 Å². The number of hydrazine groups is 1. The van der Waals surface area contributed by atoms with Gasteiger partial charge in [0.05, 0.1) is 22.3 Å². The zero-order chi connectivity index (χ0) is 30.0. The van der Waals surface area contributed by atoms with E-state index < -0.39 is 52.8 Å². The average molecular weight is 570 g/mol. The molecule has 11 nitrogen and oxygen atoms in total. The molecule has 3 aromatic rings. The number of carbonyl (C=O) groups excluding carboxylic acids is 5. The van der Waals surface area contributed by atoms with Crippen LogP contribution in [0.5, 0.6) is 5.75 Å². The van der Waals surface area contributed by atoms with Gasteiger partial charge in [0, 0.05) is 23.3 Å². The zero-order valence-corrected chi connectivity index (χ0v) is 22.7. The Labute approximate surface area is 240 Å². The number of amides is 3. The number of hydrogen-bond donors (Lipinski definition) is 0. The highest BCUT2D eigenvalue weighted by Gasteiger charge is 2.52. The van der Waals surface area contributed by atoms with Crippen molar-refractivity contribution in [1.29, 1.82) is 0 Å². The third-order valence-electron chi connectivity index (χ3n) is 7.66. The Balaban J connectivity index is 1.39. The van der Waals surface area contributed by atoms with Crippen molar-refractivity contribution in [1.82, 2.24) is 10.0 Å². The topological polar surface area (TPSA) is 144 Å². The first kappa shape index (κ1) is 28.3. The van der Waals surface area contributed by atoms with Gasteiger partial charge in [0.25, 0.3) is 23.4 Å². The first-order valence-electron chi connectivity index (χ1n) is 13.5. The van der Waals surface area contributed by atoms with Crippen molar-refractivity contribution in [3.05, 3.63) is 106 Å². The minimum atomic E-state index is -0.819. The molecular weight excluding hydrogens is 542 g/mol. The minimum Gasteiger partial charge on any atom is -0.423 e. The number of nitrogens with zero attached hydrogens (tertiary/aromatic N) is 3. The minimum absolute atomic E-state index is 0.0274. The third kappa shape index (κ3) is 5.67. The molecule has 3 amide bonds. The molecule has 1 aliphatic heterocycles. The van der Waals surface area contributed by atoms with Crippen LogP contribution >= 0.6 is 0 Å². The number of nitro benzene ring substituents is 1. The summed E-state index contributed by atoms with van der Waals surface area (Å²) in [7, 11) is 0. The van der Waals surface area contributed by atoms with E-state index in [1.165, 1.54) is 36.4 Å². The molecule has 0 bridgehead atoms. The van der Waals surface area contributed by atoms with Crippen LogP contribution in [0.4, 0.5) is 5.69 Å².